The molecule has 1 unspecified atom stereocenters. The van der Waals surface area contributed by atoms with Gasteiger partial charge in [0.25, 0.3) is 0 Å². The fourth-order valence-electron chi connectivity index (χ4n) is 2.48. The normalized spacial score (nSPS) is 11.9. The van der Waals surface area contributed by atoms with Crippen LogP contribution in [0.2, 0.25) is 0 Å². The van der Waals surface area contributed by atoms with E-state index in [2.05, 4.69) is 20.8 Å². The second kappa shape index (κ2) is 8.03. The van der Waals surface area contributed by atoms with Gasteiger partial charge < -0.3 is 19.6 Å². The Morgan fingerprint density at radius 1 is 1.21 bits per heavy atom. The topological polar surface area (TPSA) is 110 Å². The van der Waals surface area contributed by atoms with Gasteiger partial charge in [0.15, 0.2) is 5.82 Å². The van der Waals surface area contributed by atoms with E-state index >= 15 is 0 Å². The van der Waals surface area contributed by atoms with E-state index in [9.17, 15) is 14.0 Å². The number of aromatic nitrogens is 2. The summed E-state index contributed by atoms with van der Waals surface area (Å²) in [4.78, 5) is 28.7. The third kappa shape index (κ3) is 4.61. The van der Waals surface area contributed by atoms with Gasteiger partial charge in [0.1, 0.15) is 23.4 Å². The molecule has 9 heteroatoms. The minimum atomic E-state index is -0.784. The first-order chi connectivity index (χ1) is 13.3. The molecule has 8 nitrogen and oxygen atoms in total. The molecule has 0 spiro atoms. The third-order valence-corrected chi connectivity index (χ3v) is 3.96. The highest BCUT2D eigenvalue weighted by Crippen LogP contribution is 2.22. The monoisotopic (exact) mass is 386 g/mol. The van der Waals surface area contributed by atoms with Gasteiger partial charge in [-0.1, -0.05) is 5.16 Å². The quantitative estimate of drug-likeness (QED) is 0.674. The van der Waals surface area contributed by atoms with E-state index in [4.69, 9.17) is 8.94 Å². The summed E-state index contributed by atoms with van der Waals surface area (Å²) in [6, 6.07) is 6.48. The van der Waals surface area contributed by atoms with Gasteiger partial charge >= 0.3 is 0 Å². The summed E-state index contributed by atoms with van der Waals surface area (Å²) in [7, 11) is 0. The van der Waals surface area contributed by atoms with Crippen LogP contribution in [0.1, 0.15) is 24.1 Å². The molecule has 2 N–H and O–H groups in total. The zero-order valence-corrected chi connectivity index (χ0v) is 15.6. The number of oxazole rings is 1. The van der Waals surface area contributed by atoms with E-state index < -0.39 is 11.9 Å². The molecule has 0 saturated heterocycles. The van der Waals surface area contributed by atoms with Crippen LogP contribution in [0.15, 0.2) is 39.3 Å². The molecule has 2 heterocycles. The highest BCUT2D eigenvalue weighted by atomic mass is 19.1. The average Bonchev–Trinajstić information content (AvgIpc) is 3.21. The first-order valence-electron chi connectivity index (χ1n) is 8.57. The van der Waals surface area contributed by atoms with Crippen LogP contribution >= 0.6 is 0 Å². The standard InChI is InChI=1S/C19H19FN4O4/c1-10-8-16(24-28-10)23-18(26)11(2)21-17(25)9-15-12(3)27-19(22-15)13-4-6-14(20)7-5-13/h4-8,11H,9H2,1-3H3,(H,21,25)(H,23,24,26). The molecule has 0 radical (unpaired) electrons. The number of hydrogen-bond acceptors (Lipinski definition) is 6. The van der Waals surface area contributed by atoms with Gasteiger partial charge in [-0.15, -0.1) is 0 Å². The first kappa shape index (κ1) is 19.3. The summed E-state index contributed by atoms with van der Waals surface area (Å²) in [5, 5.41) is 8.82. The fraction of sp³-hybridized carbons (Fsp3) is 0.263. The number of anilines is 1. The number of amides is 2. The highest BCUT2D eigenvalue weighted by molar-refractivity contribution is 5.96. The van der Waals surface area contributed by atoms with Crippen molar-refractivity contribution in [3.8, 4) is 11.5 Å². The number of rotatable bonds is 6. The molecule has 0 aliphatic carbocycles. The maximum absolute atomic E-state index is 13.0. The Morgan fingerprint density at radius 3 is 2.57 bits per heavy atom. The van der Waals surface area contributed by atoms with Crippen molar-refractivity contribution < 1.29 is 22.9 Å². The maximum atomic E-state index is 13.0. The van der Waals surface area contributed by atoms with Crippen LogP contribution in [0.4, 0.5) is 10.2 Å². The molecular weight excluding hydrogens is 367 g/mol. The van der Waals surface area contributed by atoms with Crippen molar-refractivity contribution in [3.05, 3.63) is 53.4 Å². The molecule has 0 aliphatic rings. The molecule has 1 aromatic carbocycles. The van der Waals surface area contributed by atoms with E-state index in [0.29, 0.717) is 28.7 Å². The molecule has 3 rings (SSSR count). The first-order valence-corrected chi connectivity index (χ1v) is 8.57. The summed E-state index contributed by atoms with van der Waals surface area (Å²) < 4.78 is 23.5. The van der Waals surface area contributed by atoms with Crippen LogP contribution in [0, 0.1) is 19.7 Å². The van der Waals surface area contributed by atoms with Gasteiger partial charge in [0.05, 0.1) is 12.1 Å². The molecule has 1 atom stereocenters. The van der Waals surface area contributed by atoms with Crippen molar-refractivity contribution in [2.24, 2.45) is 0 Å². The Kier molecular flexibility index (Phi) is 5.53. The van der Waals surface area contributed by atoms with Crippen LogP contribution in [0.25, 0.3) is 11.5 Å². The van der Waals surface area contributed by atoms with Crippen LogP contribution < -0.4 is 10.6 Å². The number of carbonyl (C=O) groups is 2. The number of carbonyl (C=O) groups excluding carboxylic acids is 2. The van der Waals surface area contributed by atoms with E-state index in [1.165, 1.54) is 12.1 Å². The minimum absolute atomic E-state index is 0.0583. The Bertz CT molecular complexity index is 994. The van der Waals surface area contributed by atoms with Crippen LogP contribution in [0.5, 0.6) is 0 Å². The molecule has 0 aliphatic heterocycles. The molecule has 2 aromatic heterocycles. The van der Waals surface area contributed by atoms with E-state index in [1.807, 2.05) is 0 Å². The summed E-state index contributed by atoms with van der Waals surface area (Å²) >= 11 is 0. The van der Waals surface area contributed by atoms with Gasteiger partial charge in [0, 0.05) is 11.6 Å². The van der Waals surface area contributed by atoms with Crippen molar-refractivity contribution in [1.29, 1.82) is 0 Å². The summed E-state index contributed by atoms with van der Waals surface area (Å²) in [6.45, 7) is 4.94. The van der Waals surface area contributed by atoms with Gasteiger partial charge in [0.2, 0.25) is 17.7 Å². The van der Waals surface area contributed by atoms with Crippen LogP contribution in [-0.2, 0) is 16.0 Å². The molecule has 0 bridgehead atoms. The smallest absolute Gasteiger partial charge is 0.247 e. The van der Waals surface area contributed by atoms with Gasteiger partial charge in [-0.2, -0.15) is 0 Å². The zero-order valence-electron chi connectivity index (χ0n) is 15.6. The van der Waals surface area contributed by atoms with Crippen molar-refractivity contribution in [2.45, 2.75) is 33.2 Å². The van der Waals surface area contributed by atoms with Crippen molar-refractivity contribution in [2.75, 3.05) is 5.32 Å². The maximum Gasteiger partial charge on any atom is 0.247 e. The minimum Gasteiger partial charge on any atom is -0.441 e. The van der Waals surface area contributed by atoms with Crippen molar-refractivity contribution in [3.63, 3.8) is 0 Å². The van der Waals surface area contributed by atoms with E-state index in [1.54, 1.807) is 39.0 Å². The SMILES string of the molecule is Cc1cc(NC(=O)C(C)NC(=O)Cc2nc(-c3ccc(F)cc3)oc2C)no1. The Labute approximate surface area is 160 Å². The number of halogens is 1. The summed E-state index contributed by atoms with van der Waals surface area (Å²) in [6.07, 6.45) is -0.0583. The lowest BCUT2D eigenvalue weighted by atomic mass is 10.2. The van der Waals surface area contributed by atoms with Crippen LogP contribution in [0.3, 0.4) is 0 Å². The molecular formula is C19H19FN4O4. The lowest BCUT2D eigenvalue weighted by Gasteiger charge is -2.12. The van der Waals surface area contributed by atoms with E-state index in [-0.39, 0.29) is 24.0 Å². The lowest BCUT2D eigenvalue weighted by molar-refractivity contribution is -0.125. The van der Waals surface area contributed by atoms with Crippen LogP contribution in [-0.4, -0.2) is 28.0 Å². The number of benzene rings is 1. The fourth-order valence-corrected chi connectivity index (χ4v) is 2.48. The molecule has 0 saturated carbocycles. The number of hydrogen-bond donors (Lipinski definition) is 2. The predicted octanol–water partition coefficient (Wildman–Crippen LogP) is 2.77. The van der Waals surface area contributed by atoms with Gasteiger partial charge in [-0.3, -0.25) is 9.59 Å². The third-order valence-electron chi connectivity index (χ3n) is 3.96. The number of nitrogens with zero attached hydrogens (tertiary/aromatic N) is 2. The predicted molar refractivity (Wildman–Crippen MR) is 97.8 cm³/mol. The second-order valence-corrected chi connectivity index (χ2v) is 6.31. The Hall–Kier alpha value is -3.49. The Morgan fingerprint density at radius 2 is 1.93 bits per heavy atom. The van der Waals surface area contributed by atoms with Crippen molar-refractivity contribution in [1.82, 2.24) is 15.5 Å². The van der Waals surface area contributed by atoms with Gasteiger partial charge in [-0.25, -0.2) is 9.37 Å². The number of aryl methyl sites for hydroxylation is 2. The van der Waals surface area contributed by atoms with Crippen molar-refractivity contribution >= 4 is 17.6 Å². The van der Waals surface area contributed by atoms with E-state index in [0.717, 1.165) is 0 Å². The Balaban J connectivity index is 1.59. The number of nitrogens with one attached hydrogen (secondary N) is 2. The largest absolute Gasteiger partial charge is 0.441 e. The summed E-state index contributed by atoms with van der Waals surface area (Å²) in [5.41, 5.74) is 1.04. The average molecular weight is 386 g/mol. The summed E-state index contributed by atoms with van der Waals surface area (Å²) in [5.74, 6) is 0.439. The molecule has 2 amide bonds. The molecule has 0 fully saturated rings. The molecule has 3 aromatic rings. The lowest BCUT2D eigenvalue weighted by Crippen LogP contribution is -2.42. The molecule has 28 heavy (non-hydrogen) atoms. The highest BCUT2D eigenvalue weighted by Gasteiger charge is 2.20. The molecule has 146 valence electrons. The second-order valence-electron chi connectivity index (χ2n) is 6.31. The zero-order chi connectivity index (χ0) is 20.3. The van der Waals surface area contributed by atoms with Gasteiger partial charge in [-0.05, 0) is 45.0 Å².